The maximum absolute atomic E-state index is 15.3. The predicted octanol–water partition coefficient (Wildman–Crippen LogP) is 5.69. The first-order valence-electron chi connectivity index (χ1n) is 15.4. The van der Waals surface area contributed by atoms with E-state index in [1.807, 2.05) is 49.8 Å². The van der Waals surface area contributed by atoms with Gasteiger partial charge in [0.25, 0.3) is 6.33 Å². The Morgan fingerprint density at radius 3 is 2.44 bits per heavy atom. The predicted molar refractivity (Wildman–Crippen MR) is 177 cm³/mol. The fourth-order valence-corrected chi connectivity index (χ4v) is 6.52. The molecule has 0 aliphatic carbocycles. The molecule has 48 heavy (non-hydrogen) atoms. The van der Waals surface area contributed by atoms with Crippen molar-refractivity contribution in [1.29, 1.82) is 5.26 Å². The number of hydrogen-bond acceptors (Lipinski definition) is 8. The van der Waals surface area contributed by atoms with E-state index in [0.717, 1.165) is 34.4 Å². The second-order valence-corrected chi connectivity index (χ2v) is 13.3. The van der Waals surface area contributed by atoms with Crippen LogP contribution in [0.15, 0.2) is 72.6 Å². The first-order valence-corrected chi connectivity index (χ1v) is 16.3. The van der Waals surface area contributed by atoms with E-state index in [0.29, 0.717) is 28.6 Å². The maximum Gasteiger partial charge on any atom is 0.328 e. The van der Waals surface area contributed by atoms with Crippen LogP contribution in [0.2, 0.25) is 0 Å². The number of ether oxygens (including phenoxy) is 1. The molecule has 12 heteroatoms. The van der Waals surface area contributed by atoms with E-state index in [2.05, 4.69) is 11.2 Å². The van der Waals surface area contributed by atoms with E-state index in [-0.39, 0.29) is 18.0 Å². The van der Waals surface area contributed by atoms with E-state index < -0.39 is 35.2 Å². The molecule has 0 radical (unpaired) electrons. The number of aliphatic hydroxyl groups is 1. The average Bonchev–Trinajstić information content (AvgIpc) is 3.71. The summed E-state index contributed by atoms with van der Waals surface area (Å²) in [6.45, 7) is 9.45. The molecule has 0 bridgehead atoms. The van der Waals surface area contributed by atoms with Gasteiger partial charge in [-0.15, -0.1) is 16.0 Å². The van der Waals surface area contributed by atoms with E-state index >= 15 is 4.39 Å². The number of benzene rings is 3. The minimum absolute atomic E-state index is 0.0570. The molecule has 0 aliphatic heterocycles. The second kappa shape index (κ2) is 14.1. The normalized spacial score (nSPS) is 13.9. The monoisotopic (exact) mass is 671 g/mol. The summed E-state index contributed by atoms with van der Waals surface area (Å²) >= 11 is 1.31. The molecule has 0 saturated carbocycles. The smallest absolute Gasteiger partial charge is 0.328 e. The molecule has 0 fully saturated rings. The highest BCUT2D eigenvalue weighted by Gasteiger charge is 2.43. The molecule has 3 aromatic carbocycles. The number of rotatable bonds is 11. The van der Waals surface area contributed by atoms with Crippen molar-refractivity contribution in [3.63, 3.8) is 0 Å². The van der Waals surface area contributed by atoms with Crippen molar-refractivity contribution in [1.82, 2.24) is 14.8 Å². The second-order valence-electron chi connectivity index (χ2n) is 12.4. The Labute approximate surface area is 281 Å². The molecule has 3 unspecified atom stereocenters. The number of aryl methyl sites for hydroxylation is 2. The Hall–Kier alpha value is -4.83. The number of nitrogens with zero attached hydrogens (tertiary/aromatic N) is 5. The fraction of sp³-hybridized carbons (Fsp3) is 0.306. The summed E-state index contributed by atoms with van der Waals surface area (Å²) < 4.78 is 38.2. The molecule has 9 nitrogen and oxygen atoms in total. The number of nitrogens with two attached hydrogens (primary N) is 1. The van der Waals surface area contributed by atoms with Crippen molar-refractivity contribution in [3.8, 4) is 23.1 Å². The lowest BCUT2D eigenvalue weighted by molar-refractivity contribution is -0.689. The number of esters is 1. The molecule has 0 spiro atoms. The van der Waals surface area contributed by atoms with Crippen LogP contribution in [0.3, 0.4) is 0 Å². The Morgan fingerprint density at radius 2 is 1.81 bits per heavy atom. The van der Waals surface area contributed by atoms with Crippen LogP contribution in [0.1, 0.15) is 59.5 Å². The van der Waals surface area contributed by atoms with Crippen molar-refractivity contribution < 1.29 is 28.0 Å². The highest BCUT2D eigenvalue weighted by molar-refractivity contribution is 7.10. The molecule has 2 aromatic heterocycles. The summed E-state index contributed by atoms with van der Waals surface area (Å²) in [6, 6.07) is 15.3. The Kier molecular flexibility index (Phi) is 10.1. The average molecular weight is 672 g/mol. The fourth-order valence-electron chi connectivity index (χ4n) is 5.55. The van der Waals surface area contributed by atoms with Gasteiger partial charge in [-0.25, -0.2) is 23.1 Å². The zero-order valence-electron chi connectivity index (χ0n) is 27.3. The lowest BCUT2D eigenvalue weighted by Crippen LogP contribution is -2.39. The van der Waals surface area contributed by atoms with Gasteiger partial charge < -0.3 is 15.6 Å². The number of thiazole rings is 1. The number of aromatic nitrogens is 4. The van der Waals surface area contributed by atoms with Crippen molar-refractivity contribution in [2.75, 3.05) is 0 Å². The van der Waals surface area contributed by atoms with Crippen molar-refractivity contribution >= 4 is 17.3 Å². The van der Waals surface area contributed by atoms with Gasteiger partial charge in [-0.05, 0) is 66.8 Å². The van der Waals surface area contributed by atoms with Gasteiger partial charge in [0.2, 0.25) is 6.33 Å². The van der Waals surface area contributed by atoms with Gasteiger partial charge in [0.05, 0.1) is 28.9 Å². The molecule has 0 saturated heterocycles. The van der Waals surface area contributed by atoms with Crippen LogP contribution in [-0.4, -0.2) is 31.9 Å². The lowest BCUT2D eigenvalue weighted by Gasteiger charge is -2.32. The van der Waals surface area contributed by atoms with Gasteiger partial charge >= 0.3 is 5.97 Å². The molecule has 3 N–H and O–H groups in total. The zero-order chi connectivity index (χ0) is 34.7. The molecule has 0 aliphatic rings. The van der Waals surface area contributed by atoms with Crippen LogP contribution in [0.5, 0.6) is 5.75 Å². The van der Waals surface area contributed by atoms with Crippen molar-refractivity contribution in [3.05, 3.63) is 117 Å². The van der Waals surface area contributed by atoms with Gasteiger partial charge in [-0.2, -0.15) is 5.26 Å². The SMILES string of the molecule is Cc1cc(C[n+]2cnn(CC(O)(c3ccc(F)cc3F)C(C)c3nc(-c4ccc(C#N)cc4)cs3)c2)cc(C)c1OC(=O)C(N)C(C)C. The number of nitriles is 1. The third kappa shape index (κ3) is 7.33. The Bertz CT molecular complexity index is 1960. The van der Waals surface area contributed by atoms with Gasteiger partial charge in [0, 0.05) is 33.6 Å². The minimum Gasteiger partial charge on any atom is -0.425 e. The number of carbonyl (C=O) groups is 1. The molecule has 248 valence electrons. The summed E-state index contributed by atoms with van der Waals surface area (Å²) in [5.74, 6) is -2.42. The zero-order valence-corrected chi connectivity index (χ0v) is 28.1. The van der Waals surface area contributed by atoms with Crippen molar-refractivity contribution in [2.45, 2.75) is 65.3 Å². The third-order valence-electron chi connectivity index (χ3n) is 8.43. The maximum atomic E-state index is 15.3. The van der Waals surface area contributed by atoms with Crippen LogP contribution in [0, 0.1) is 42.7 Å². The summed E-state index contributed by atoms with van der Waals surface area (Å²) in [6.07, 6.45) is 3.29. The molecular weight excluding hydrogens is 634 g/mol. The molecule has 5 rings (SSSR count). The Balaban J connectivity index is 1.40. The van der Waals surface area contributed by atoms with Gasteiger partial charge in [0.1, 0.15) is 35.6 Å². The summed E-state index contributed by atoms with van der Waals surface area (Å²) in [4.78, 5) is 17.2. The highest BCUT2D eigenvalue weighted by atomic mass is 32.1. The van der Waals surface area contributed by atoms with Gasteiger partial charge in [-0.3, -0.25) is 0 Å². The molecule has 2 heterocycles. The number of carbonyl (C=O) groups excluding carboxylic acids is 1. The van der Waals surface area contributed by atoms with Gasteiger partial charge in [0.15, 0.2) is 0 Å². The van der Waals surface area contributed by atoms with Crippen LogP contribution in [-0.2, 0) is 23.5 Å². The van der Waals surface area contributed by atoms with Crippen molar-refractivity contribution in [2.24, 2.45) is 11.7 Å². The Morgan fingerprint density at radius 1 is 1.12 bits per heavy atom. The lowest BCUT2D eigenvalue weighted by atomic mass is 9.82. The van der Waals surface area contributed by atoms with E-state index in [4.69, 9.17) is 20.7 Å². The van der Waals surface area contributed by atoms with Crippen LogP contribution < -0.4 is 15.0 Å². The van der Waals surface area contributed by atoms with Crippen LogP contribution >= 0.6 is 11.3 Å². The molecule has 0 amide bonds. The first kappa shape index (κ1) is 34.5. The minimum atomic E-state index is -1.86. The molecular formula is C36H37F2N6O3S+. The van der Waals surface area contributed by atoms with Crippen LogP contribution in [0.25, 0.3) is 11.3 Å². The molecule has 5 aromatic rings. The third-order valence-corrected chi connectivity index (χ3v) is 9.45. The van der Waals surface area contributed by atoms with E-state index in [1.165, 1.54) is 22.1 Å². The molecule has 3 atom stereocenters. The summed E-state index contributed by atoms with van der Waals surface area (Å²) in [5, 5.41) is 28.2. The summed E-state index contributed by atoms with van der Waals surface area (Å²) in [5.41, 5.74) is 8.48. The number of halogens is 2. The highest BCUT2D eigenvalue weighted by Crippen LogP contribution is 2.41. The van der Waals surface area contributed by atoms with Gasteiger partial charge in [-0.1, -0.05) is 39.0 Å². The summed E-state index contributed by atoms with van der Waals surface area (Å²) in [7, 11) is 0. The standard InChI is InChI=1S/C36H37F2N6O3S/c1-21(2)32(40)35(45)47-33-22(3)12-26(13-23(33)4)16-43-19-41-44(20-43)18-36(46,29-11-10-28(37)14-30(29)38)24(5)34-42-31(17-48-34)27-8-6-25(15-39)7-9-27/h6-14,17,19-21,24,32,46H,16,18,40H2,1-5H3/q+1. The number of hydrogen-bond donors (Lipinski definition) is 2. The quantitative estimate of drug-likeness (QED) is 0.105. The first-order chi connectivity index (χ1) is 22.8. The van der Waals surface area contributed by atoms with E-state index in [1.54, 1.807) is 43.8 Å². The van der Waals surface area contributed by atoms with Crippen LogP contribution in [0.4, 0.5) is 8.78 Å². The largest absolute Gasteiger partial charge is 0.425 e. The van der Waals surface area contributed by atoms with E-state index in [9.17, 15) is 14.3 Å². The topological polar surface area (TPSA) is 131 Å².